The largest absolute Gasteiger partial charge is 0.462 e. The van der Waals surface area contributed by atoms with E-state index in [1.807, 2.05) is 0 Å². The third-order valence-electron chi connectivity index (χ3n) is 15.9. The lowest BCUT2D eigenvalue weighted by Crippen LogP contribution is -2.30. The molecule has 82 heavy (non-hydrogen) atoms. The molecule has 0 radical (unpaired) electrons. The molecule has 0 saturated heterocycles. The molecule has 0 amide bonds. The van der Waals surface area contributed by atoms with Crippen LogP contribution in [0.25, 0.3) is 0 Å². The summed E-state index contributed by atoms with van der Waals surface area (Å²) in [6, 6.07) is 0. The number of unbranched alkanes of at least 4 members (excludes halogenated alkanes) is 43. The Kier molecular flexibility index (Phi) is 67.6. The Balaban J connectivity index is 4.22. The normalized spacial score (nSPS) is 12.5. The van der Waals surface area contributed by atoms with Gasteiger partial charge in [0.25, 0.3) is 0 Å². The average Bonchev–Trinajstić information content (AvgIpc) is 3.47. The van der Waals surface area contributed by atoms with Gasteiger partial charge in [-0.1, -0.05) is 338 Å². The lowest BCUT2D eigenvalue weighted by atomic mass is 10.0. The summed E-state index contributed by atoms with van der Waals surface area (Å²) >= 11 is 0. The number of hydrogen-bond donors (Lipinski definition) is 0. The minimum atomic E-state index is -0.791. The molecule has 6 nitrogen and oxygen atoms in total. The summed E-state index contributed by atoms with van der Waals surface area (Å²) in [6.07, 6.45) is 92.3. The maximum Gasteiger partial charge on any atom is 0.306 e. The number of allylic oxidation sites excluding steroid dienone is 12. The second-order valence-corrected chi connectivity index (χ2v) is 24.1. The Morgan fingerprint density at radius 3 is 0.768 bits per heavy atom. The van der Waals surface area contributed by atoms with Crippen molar-refractivity contribution < 1.29 is 28.6 Å². The summed E-state index contributed by atoms with van der Waals surface area (Å²) in [5, 5.41) is 0. The first-order valence-corrected chi connectivity index (χ1v) is 35.9. The first-order valence-electron chi connectivity index (χ1n) is 35.9. The number of ether oxygens (including phenoxy) is 3. The van der Waals surface area contributed by atoms with Crippen LogP contribution < -0.4 is 0 Å². The average molecular weight is 1150 g/mol. The van der Waals surface area contributed by atoms with Gasteiger partial charge in [0.1, 0.15) is 13.2 Å². The fraction of sp³-hybridized carbons (Fsp3) is 0.803. The van der Waals surface area contributed by atoms with E-state index in [4.69, 9.17) is 14.2 Å². The van der Waals surface area contributed by atoms with Crippen LogP contribution in [0.1, 0.15) is 374 Å². The summed E-state index contributed by atoms with van der Waals surface area (Å²) in [5.41, 5.74) is 0. The molecular formula is C76H136O6. The third kappa shape index (κ3) is 67.6. The Morgan fingerprint density at radius 1 is 0.256 bits per heavy atom. The van der Waals surface area contributed by atoms with E-state index in [-0.39, 0.29) is 31.1 Å². The zero-order valence-electron chi connectivity index (χ0n) is 54.8. The van der Waals surface area contributed by atoms with Crippen molar-refractivity contribution >= 4 is 17.9 Å². The van der Waals surface area contributed by atoms with Crippen LogP contribution in [0.15, 0.2) is 72.9 Å². The van der Waals surface area contributed by atoms with Crippen LogP contribution >= 0.6 is 0 Å². The third-order valence-corrected chi connectivity index (χ3v) is 15.9. The molecule has 1 atom stereocenters. The maximum atomic E-state index is 12.9. The van der Waals surface area contributed by atoms with Gasteiger partial charge in [-0.2, -0.15) is 0 Å². The molecular weight excluding hydrogens is 1010 g/mol. The molecule has 0 aromatic heterocycles. The van der Waals surface area contributed by atoms with Crippen molar-refractivity contribution in [3.63, 3.8) is 0 Å². The molecule has 0 aromatic carbocycles. The molecule has 476 valence electrons. The zero-order chi connectivity index (χ0) is 59.2. The van der Waals surface area contributed by atoms with Crippen LogP contribution in [0, 0.1) is 0 Å². The Hall–Kier alpha value is -3.15. The molecule has 0 N–H and O–H groups in total. The van der Waals surface area contributed by atoms with Gasteiger partial charge in [-0.15, -0.1) is 0 Å². The minimum Gasteiger partial charge on any atom is -0.462 e. The molecule has 0 aliphatic rings. The van der Waals surface area contributed by atoms with Crippen LogP contribution in [-0.2, 0) is 28.6 Å². The second kappa shape index (κ2) is 70.3. The summed E-state index contributed by atoms with van der Waals surface area (Å²) in [5.74, 6) is -0.904. The lowest BCUT2D eigenvalue weighted by molar-refractivity contribution is -0.167. The highest BCUT2D eigenvalue weighted by Gasteiger charge is 2.19. The number of esters is 3. The Morgan fingerprint density at radius 2 is 0.476 bits per heavy atom. The van der Waals surface area contributed by atoms with Crippen molar-refractivity contribution in [2.45, 2.75) is 380 Å². The highest BCUT2D eigenvalue weighted by molar-refractivity contribution is 5.71. The predicted octanol–water partition coefficient (Wildman–Crippen LogP) is 24.8. The molecule has 0 bridgehead atoms. The molecule has 6 heteroatoms. The molecule has 0 heterocycles. The standard InChI is InChI=1S/C76H136O6/c1-4-7-10-13-16-19-22-25-28-30-32-33-34-35-36-37-38-39-40-41-42-43-44-46-48-51-54-57-60-63-66-69-75(78)81-72-73(71-80-74(77)68-65-62-59-56-53-50-47-27-24-21-18-15-12-9-6-3)82-76(79)70-67-64-61-58-55-52-49-45-31-29-26-23-20-17-14-11-8-5-2/h9,12,18,21-22,25,27,30,32,47,53,56,73H,4-8,10-11,13-17,19-20,23-24,26,28-29,31,33-46,48-52,54-55,57-72H2,1-3H3/b12-9-,21-18-,25-22-,32-30-,47-27-,56-53-. The SMILES string of the molecule is CC/C=C\C/C=C\C/C=C\C/C=C\CCCCC(=O)OCC(COC(=O)CCCCCCCCCCCCCCCCCCCCC/C=C\C/C=C\CCCCCCC)OC(=O)CCCCCCCCCCCCCCCCCCCC. The van der Waals surface area contributed by atoms with Crippen LogP contribution in [0.5, 0.6) is 0 Å². The van der Waals surface area contributed by atoms with Crippen LogP contribution in [0.2, 0.25) is 0 Å². The fourth-order valence-corrected chi connectivity index (χ4v) is 10.6. The van der Waals surface area contributed by atoms with E-state index < -0.39 is 6.10 Å². The van der Waals surface area contributed by atoms with Gasteiger partial charge in [-0.3, -0.25) is 14.4 Å². The smallest absolute Gasteiger partial charge is 0.306 e. The molecule has 0 fully saturated rings. The molecule has 0 aromatic rings. The van der Waals surface area contributed by atoms with E-state index in [0.29, 0.717) is 19.3 Å². The molecule has 0 rings (SSSR count). The first kappa shape index (κ1) is 78.8. The molecule has 0 aliphatic carbocycles. The maximum absolute atomic E-state index is 12.9. The van der Waals surface area contributed by atoms with Crippen LogP contribution in [-0.4, -0.2) is 37.2 Å². The number of carbonyl (C=O) groups is 3. The highest BCUT2D eigenvalue weighted by Crippen LogP contribution is 2.18. The van der Waals surface area contributed by atoms with Crippen molar-refractivity contribution in [2.24, 2.45) is 0 Å². The quantitative estimate of drug-likeness (QED) is 0.0261. The fourth-order valence-electron chi connectivity index (χ4n) is 10.6. The number of rotatable bonds is 66. The number of hydrogen-bond acceptors (Lipinski definition) is 6. The first-order chi connectivity index (χ1) is 40.5. The molecule has 0 spiro atoms. The second-order valence-electron chi connectivity index (χ2n) is 24.1. The monoisotopic (exact) mass is 1150 g/mol. The van der Waals surface area contributed by atoms with Crippen molar-refractivity contribution in [1.29, 1.82) is 0 Å². The van der Waals surface area contributed by atoms with Crippen LogP contribution in [0.4, 0.5) is 0 Å². The van der Waals surface area contributed by atoms with E-state index >= 15 is 0 Å². The van der Waals surface area contributed by atoms with Gasteiger partial charge in [-0.25, -0.2) is 0 Å². The topological polar surface area (TPSA) is 78.9 Å². The number of carbonyl (C=O) groups excluding carboxylic acids is 3. The summed E-state index contributed by atoms with van der Waals surface area (Å²) in [4.78, 5) is 38.4. The van der Waals surface area contributed by atoms with Crippen molar-refractivity contribution in [2.75, 3.05) is 13.2 Å². The van der Waals surface area contributed by atoms with E-state index in [1.165, 1.54) is 244 Å². The predicted molar refractivity (Wildman–Crippen MR) is 358 cm³/mol. The highest BCUT2D eigenvalue weighted by atomic mass is 16.6. The van der Waals surface area contributed by atoms with Crippen molar-refractivity contribution in [3.8, 4) is 0 Å². The summed E-state index contributed by atoms with van der Waals surface area (Å²) in [6.45, 7) is 6.54. The van der Waals surface area contributed by atoms with Crippen molar-refractivity contribution in [1.82, 2.24) is 0 Å². The van der Waals surface area contributed by atoms with Crippen molar-refractivity contribution in [3.05, 3.63) is 72.9 Å². The van der Waals surface area contributed by atoms with Gasteiger partial charge in [-0.05, 0) is 89.9 Å². The van der Waals surface area contributed by atoms with Gasteiger partial charge in [0.05, 0.1) is 0 Å². The van der Waals surface area contributed by atoms with Gasteiger partial charge >= 0.3 is 17.9 Å². The molecule has 0 saturated carbocycles. The Bertz CT molecular complexity index is 1500. The van der Waals surface area contributed by atoms with E-state index in [0.717, 1.165) is 89.9 Å². The molecule has 1 unspecified atom stereocenters. The molecule has 0 aliphatic heterocycles. The van der Waals surface area contributed by atoms with E-state index in [2.05, 4.69) is 93.7 Å². The zero-order valence-corrected chi connectivity index (χ0v) is 54.8. The Labute approximate surface area is 510 Å². The summed E-state index contributed by atoms with van der Waals surface area (Å²) in [7, 11) is 0. The minimum absolute atomic E-state index is 0.0837. The summed E-state index contributed by atoms with van der Waals surface area (Å²) < 4.78 is 17.0. The van der Waals surface area contributed by atoms with Crippen LogP contribution in [0.3, 0.4) is 0 Å². The lowest BCUT2D eigenvalue weighted by Gasteiger charge is -2.18. The van der Waals surface area contributed by atoms with Gasteiger partial charge in [0.2, 0.25) is 0 Å². The van der Waals surface area contributed by atoms with Gasteiger partial charge < -0.3 is 14.2 Å². The van der Waals surface area contributed by atoms with E-state index in [9.17, 15) is 14.4 Å². The van der Waals surface area contributed by atoms with E-state index in [1.54, 1.807) is 0 Å². The van der Waals surface area contributed by atoms with Gasteiger partial charge in [0, 0.05) is 19.3 Å². The van der Waals surface area contributed by atoms with Gasteiger partial charge in [0.15, 0.2) is 6.10 Å².